The van der Waals surface area contributed by atoms with Gasteiger partial charge >= 0.3 is 5.97 Å². The molecule has 0 aliphatic rings. The van der Waals surface area contributed by atoms with Crippen LogP contribution in [0.3, 0.4) is 0 Å². The number of carboxylic acids is 1. The van der Waals surface area contributed by atoms with Crippen molar-refractivity contribution in [1.29, 1.82) is 0 Å². The Morgan fingerprint density at radius 3 is 1.23 bits per heavy atom. The van der Waals surface area contributed by atoms with Crippen molar-refractivity contribution in [2.24, 2.45) is 0 Å². The van der Waals surface area contributed by atoms with E-state index in [1.165, 1.54) is 53.6 Å². The summed E-state index contributed by atoms with van der Waals surface area (Å²) < 4.78 is 27.5. The number of hydrogen-bond donors (Lipinski definition) is 4. The van der Waals surface area contributed by atoms with Crippen LogP contribution < -0.4 is 16.4 Å². The number of hydrogen-bond acceptors (Lipinski definition) is 4. The maximum Gasteiger partial charge on any atom is 0.337 e. The van der Waals surface area contributed by atoms with Gasteiger partial charge in [-0.05, 0) is 107 Å². The number of halogens is 2. The summed E-state index contributed by atoms with van der Waals surface area (Å²) in [6.45, 7) is 3.93. The normalized spacial score (nSPS) is 10.3. The summed E-state index contributed by atoms with van der Waals surface area (Å²) in [7, 11) is 0. The molecule has 308 valence electrons. The molecule has 0 aliphatic carbocycles. The van der Waals surface area contributed by atoms with Crippen LogP contribution in [-0.4, -0.2) is 22.9 Å². The standard InChI is InChI=1S/C20H14FNO3.C20H16FNO.C13H13N/c21-17-9-5-4-8-15(17)19(23)22-18-12-14(10-11-16(18)20(24)25)13-6-2-1-3-7-13;1-14-11-12-16(15-7-3-2-4-8-15)13-19(14)22-20(23)17-9-5-6-10-18(17)21;1-10-7-8-12(9-13(10)14)11-5-3-2-4-6-11/h1-12H,(H,22,23)(H,24,25);2-13H,1H3,(H,22,23);2-9H,14H2,1H3. The van der Waals surface area contributed by atoms with E-state index in [1.807, 2.05) is 117 Å². The maximum absolute atomic E-state index is 13.8. The number of rotatable bonds is 8. The number of aromatic carboxylic acids is 1. The lowest BCUT2D eigenvalue weighted by atomic mass is 10.0. The van der Waals surface area contributed by atoms with Crippen LogP contribution in [0.4, 0.5) is 25.8 Å². The lowest BCUT2D eigenvalue weighted by Crippen LogP contribution is -2.16. The zero-order valence-electron chi connectivity index (χ0n) is 34.0. The van der Waals surface area contributed by atoms with Gasteiger partial charge in [0.2, 0.25) is 0 Å². The second-order valence-corrected chi connectivity index (χ2v) is 14.1. The van der Waals surface area contributed by atoms with E-state index in [4.69, 9.17) is 5.73 Å². The van der Waals surface area contributed by atoms with Gasteiger partial charge in [-0.2, -0.15) is 0 Å². The fourth-order valence-corrected chi connectivity index (χ4v) is 6.33. The molecular formula is C53H43F2N3O4. The van der Waals surface area contributed by atoms with E-state index in [1.54, 1.807) is 24.3 Å². The Hall–Kier alpha value is -8.17. The van der Waals surface area contributed by atoms with Crippen molar-refractivity contribution in [2.45, 2.75) is 13.8 Å². The number of carbonyl (C=O) groups is 3. The molecule has 2 amide bonds. The molecule has 0 fully saturated rings. The van der Waals surface area contributed by atoms with Gasteiger partial charge in [0, 0.05) is 11.4 Å². The SMILES string of the molecule is Cc1ccc(-c2ccccc2)cc1N.Cc1ccc(-c2ccccc2)cc1NC(=O)c1ccccc1F.O=C(Nc1cc(-c2ccccc2)ccc1C(=O)O)c1ccccc1F. The molecule has 0 heterocycles. The molecule has 0 radical (unpaired) electrons. The van der Waals surface area contributed by atoms with E-state index in [2.05, 4.69) is 34.9 Å². The van der Waals surface area contributed by atoms with Gasteiger partial charge in [-0.15, -0.1) is 0 Å². The summed E-state index contributed by atoms with van der Waals surface area (Å²) in [5, 5.41) is 14.6. The number of amides is 2. The van der Waals surface area contributed by atoms with Crippen LogP contribution in [0.2, 0.25) is 0 Å². The van der Waals surface area contributed by atoms with Crippen molar-refractivity contribution in [2.75, 3.05) is 16.4 Å². The molecule has 8 rings (SSSR count). The smallest absolute Gasteiger partial charge is 0.337 e. The number of nitrogens with two attached hydrogens (primary N) is 1. The van der Waals surface area contributed by atoms with Crippen molar-refractivity contribution in [3.63, 3.8) is 0 Å². The summed E-state index contributed by atoms with van der Waals surface area (Å²) in [5.41, 5.74) is 15.5. The fourth-order valence-electron chi connectivity index (χ4n) is 6.33. The largest absolute Gasteiger partial charge is 0.478 e. The number of nitrogens with one attached hydrogen (secondary N) is 2. The molecular weight excluding hydrogens is 781 g/mol. The Bertz CT molecular complexity index is 2820. The van der Waals surface area contributed by atoms with Crippen molar-refractivity contribution in [3.8, 4) is 33.4 Å². The van der Waals surface area contributed by atoms with Gasteiger partial charge in [-0.3, -0.25) is 9.59 Å². The first kappa shape index (κ1) is 43.4. The van der Waals surface area contributed by atoms with Gasteiger partial charge < -0.3 is 21.5 Å². The highest BCUT2D eigenvalue weighted by molar-refractivity contribution is 6.08. The molecule has 0 bridgehead atoms. The Morgan fingerprint density at radius 2 is 0.790 bits per heavy atom. The van der Waals surface area contributed by atoms with Gasteiger partial charge in [-0.1, -0.05) is 146 Å². The van der Waals surface area contributed by atoms with Crippen molar-refractivity contribution in [3.05, 3.63) is 234 Å². The summed E-state index contributed by atoms with van der Waals surface area (Å²) in [5.74, 6) is -3.52. The van der Waals surface area contributed by atoms with Crippen molar-refractivity contribution >= 4 is 34.8 Å². The van der Waals surface area contributed by atoms with Crippen LogP contribution in [0, 0.1) is 25.5 Å². The molecule has 0 spiro atoms. The van der Waals surface area contributed by atoms with Crippen LogP contribution in [0.25, 0.3) is 33.4 Å². The van der Waals surface area contributed by atoms with Gasteiger partial charge in [-0.25, -0.2) is 13.6 Å². The molecule has 0 aromatic heterocycles. The molecule has 5 N–H and O–H groups in total. The zero-order valence-corrected chi connectivity index (χ0v) is 34.0. The van der Waals surface area contributed by atoms with E-state index in [9.17, 15) is 28.3 Å². The molecule has 7 nitrogen and oxygen atoms in total. The fraction of sp³-hybridized carbons (Fsp3) is 0.0377. The van der Waals surface area contributed by atoms with Crippen LogP contribution >= 0.6 is 0 Å². The van der Waals surface area contributed by atoms with E-state index in [-0.39, 0.29) is 22.4 Å². The third-order valence-electron chi connectivity index (χ3n) is 9.82. The second kappa shape index (κ2) is 20.7. The van der Waals surface area contributed by atoms with Gasteiger partial charge in [0.15, 0.2) is 0 Å². The number of carboxylic acid groups (broad SMARTS) is 1. The van der Waals surface area contributed by atoms with Crippen molar-refractivity contribution < 1.29 is 28.3 Å². The third-order valence-corrected chi connectivity index (χ3v) is 9.82. The predicted molar refractivity (Wildman–Crippen MR) is 245 cm³/mol. The van der Waals surface area contributed by atoms with E-state index < -0.39 is 29.4 Å². The zero-order chi connectivity index (χ0) is 44.0. The molecule has 8 aromatic carbocycles. The summed E-state index contributed by atoms with van der Waals surface area (Å²) >= 11 is 0. The third kappa shape index (κ3) is 11.3. The highest BCUT2D eigenvalue weighted by Crippen LogP contribution is 2.28. The first-order valence-corrected chi connectivity index (χ1v) is 19.6. The first-order chi connectivity index (χ1) is 30.0. The molecule has 9 heteroatoms. The molecule has 0 aliphatic heterocycles. The first-order valence-electron chi connectivity index (χ1n) is 19.6. The number of carbonyl (C=O) groups excluding carboxylic acids is 2. The van der Waals surface area contributed by atoms with Crippen LogP contribution in [-0.2, 0) is 0 Å². The Morgan fingerprint density at radius 1 is 0.419 bits per heavy atom. The topological polar surface area (TPSA) is 122 Å². The minimum Gasteiger partial charge on any atom is -0.478 e. The monoisotopic (exact) mass is 823 g/mol. The molecule has 0 atom stereocenters. The Kier molecular flexibility index (Phi) is 14.5. The summed E-state index contributed by atoms with van der Waals surface area (Å²) in [4.78, 5) is 36.0. The number of benzene rings is 8. The van der Waals surface area contributed by atoms with E-state index >= 15 is 0 Å². The minimum absolute atomic E-state index is 0.0389. The van der Waals surface area contributed by atoms with Crippen LogP contribution in [0.5, 0.6) is 0 Å². The Balaban J connectivity index is 0.000000161. The second-order valence-electron chi connectivity index (χ2n) is 14.1. The molecule has 0 unspecified atom stereocenters. The van der Waals surface area contributed by atoms with Crippen LogP contribution in [0.1, 0.15) is 42.2 Å². The molecule has 0 saturated carbocycles. The average Bonchev–Trinajstić information content (AvgIpc) is 3.29. The van der Waals surface area contributed by atoms with E-state index in [0.717, 1.165) is 39.1 Å². The quantitative estimate of drug-likeness (QED) is 0.114. The van der Waals surface area contributed by atoms with Gasteiger partial charge in [0.1, 0.15) is 11.6 Å². The average molecular weight is 824 g/mol. The summed E-state index contributed by atoms with van der Waals surface area (Å²) in [6.07, 6.45) is 0. The lowest BCUT2D eigenvalue weighted by molar-refractivity contribution is 0.0697. The predicted octanol–water partition coefficient (Wildman–Crippen LogP) is 12.7. The number of nitrogen functional groups attached to an aromatic ring is 1. The van der Waals surface area contributed by atoms with E-state index in [0.29, 0.717) is 5.69 Å². The highest BCUT2D eigenvalue weighted by Gasteiger charge is 2.17. The minimum atomic E-state index is -1.18. The summed E-state index contributed by atoms with van der Waals surface area (Å²) in [6, 6.07) is 57.7. The molecule has 0 saturated heterocycles. The number of aryl methyl sites for hydroxylation is 2. The number of anilines is 3. The van der Waals surface area contributed by atoms with Crippen molar-refractivity contribution in [1.82, 2.24) is 0 Å². The molecule has 62 heavy (non-hydrogen) atoms. The van der Waals surface area contributed by atoms with Gasteiger partial charge in [0.05, 0.1) is 22.4 Å². The molecule has 8 aromatic rings. The van der Waals surface area contributed by atoms with Crippen LogP contribution in [0.15, 0.2) is 194 Å². The highest BCUT2D eigenvalue weighted by atomic mass is 19.1. The Labute approximate surface area is 359 Å². The maximum atomic E-state index is 13.8. The lowest BCUT2D eigenvalue weighted by Gasteiger charge is -2.11. The van der Waals surface area contributed by atoms with Gasteiger partial charge in [0.25, 0.3) is 11.8 Å².